The highest BCUT2D eigenvalue weighted by Crippen LogP contribution is 2.24. The molecular weight excluding hydrogens is 294 g/mol. The maximum Gasteiger partial charge on any atom is 0.257 e. The van der Waals surface area contributed by atoms with Gasteiger partial charge in [0, 0.05) is 11.4 Å². The summed E-state index contributed by atoms with van der Waals surface area (Å²) in [6, 6.07) is 10.4. The van der Waals surface area contributed by atoms with Crippen molar-refractivity contribution in [2.45, 2.75) is 0 Å². The molecule has 0 spiro atoms. The number of benzene rings is 2. The molecule has 0 aliphatic heterocycles. The number of nitrogens with two attached hydrogens (primary N) is 1. The van der Waals surface area contributed by atoms with E-state index < -0.39 is 0 Å². The van der Waals surface area contributed by atoms with E-state index in [-0.39, 0.29) is 5.91 Å². The van der Waals surface area contributed by atoms with Gasteiger partial charge in [-0.2, -0.15) is 0 Å². The lowest BCUT2D eigenvalue weighted by molar-refractivity contribution is 0.102. The molecule has 3 rings (SSSR count). The normalized spacial score (nSPS) is 10.7. The topological polar surface area (TPSA) is 68.0 Å². The number of nitrogens with one attached hydrogen (secondary N) is 1. The zero-order chi connectivity index (χ0) is 14.1. The lowest BCUT2D eigenvalue weighted by Crippen LogP contribution is -2.12. The summed E-state index contributed by atoms with van der Waals surface area (Å²) in [5.41, 5.74) is 9.91. The van der Waals surface area contributed by atoms with Crippen LogP contribution in [0.2, 0.25) is 5.02 Å². The summed E-state index contributed by atoms with van der Waals surface area (Å²) < 4.78 is 1.02. The van der Waals surface area contributed by atoms with Crippen LogP contribution in [0.25, 0.3) is 10.2 Å². The number of carbonyl (C=O) groups excluding carboxylic acids is 1. The molecule has 0 fully saturated rings. The Kier molecular flexibility index (Phi) is 3.30. The van der Waals surface area contributed by atoms with E-state index >= 15 is 0 Å². The number of rotatable bonds is 2. The van der Waals surface area contributed by atoms with Crippen molar-refractivity contribution in [3.63, 3.8) is 0 Å². The number of hydrogen-bond donors (Lipinski definition) is 2. The number of carbonyl (C=O) groups is 1. The molecule has 0 aliphatic carbocycles. The maximum absolute atomic E-state index is 12.2. The van der Waals surface area contributed by atoms with Crippen LogP contribution >= 0.6 is 22.9 Å². The first-order valence-corrected chi connectivity index (χ1v) is 7.09. The minimum Gasteiger partial charge on any atom is -0.399 e. The second-order valence-corrected chi connectivity index (χ2v) is 5.52. The van der Waals surface area contributed by atoms with Gasteiger partial charge in [-0.05, 0) is 36.4 Å². The first-order valence-electron chi connectivity index (χ1n) is 5.83. The third kappa shape index (κ3) is 2.45. The van der Waals surface area contributed by atoms with Crippen molar-refractivity contribution >= 4 is 50.4 Å². The molecule has 0 saturated carbocycles. The quantitative estimate of drug-likeness (QED) is 0.708. The smallest absolute Gasteiger partial charge is 0.257 e. The van der Waals surface area contributed by atoms with Crippen LogP contribution in [-0.4, -0.2) is 10.9 Å². The van der Waals surface area contributed by atoms with Crippen molar-refractivity contribution < 1.29 is 4.79 Å². The van der Waals surface area contributed by atoms with Crippen molar-refractivity contribution in [2.24, 2.45) is 0 Å². The molecule has 0 bridgehead atoms. The first kappa shape index (κ1) is 12.9. The summed E-state index contributed by atoms with van der Waals surface area (Å²) in [4.78, 5) is 16.4. The molecule has 2 aromatic carbocycles. The Labute approximate surface area is 124 Å². The highest BCUT2D eigenvalue weighted by atomic mass is 35.5. The summed E-state index contributed by atoms with van der Waals surface area (Å²) in [7, 11) is 0. The highest BCUT2D eigenvalue weighted by molar-refractivity contribution is 7.16. The second-order valence-electron chi connectivity index (χ2n) is 4.23. The molecule has 0 unspecified atom stereocenters. The lowest BCUT2D eigenvalue weighted by atomic mass is 10.2. The molecule has 3 N–H and O–H groups in total. The molecule has 0 aliphatic rings. The average Bonchev–Trinajstić information content (AvgIpc) is 2.89. The molecule has 0 saturated heterocycles. The molecule has 3 aromatic rings. The van der Waals surface area contributed by atoms with Gasteiger partial charge >= 0.3 is 0 Å². The largest absolute Gasteiger partial charge is 0.399 e. The number of nitrogen functional groups attached to an aromatic ring is 1. The minimum atomic E-state index is -0.286. The lowest BCUT2D eigenvalue weighted by Gasteiger charge is -2.07. The van der Waals surface area contributed by atoms with E-state index in [1.54, 1.807) is 29.8 Å². The molecule has 1 heterocycles. The Bertz CT molecular complexity index is 800. The summed E-state index contributed by atoms with van der Waals surface area (Å²) in [5.74, 6) is -0.286. The Morgan fingerprint density at radius 3 is 2.95 bits per heavy atom. The van der Waals surface area contributed by atoms with E-state index in [1.165, 1.54) is 11.3 Å². The van der Waals surface area contributed by atoms with Crippen LogP contribution in [0.5, 0.6) is 0 Å². The summed E-state index contributed by atoms with van der Waals surface area (Å²) in [6.45, 7) is 0. The first-order chi connectivity index (χ1) is 9.63. The van der Waals surface area contributed by atoms with Crippen LogP contribution in [-0.2, 0) is 0 Å². The van der Waals surface area contributed by atoms with Gasteiger partial charge in [0.25, 0.3) is 5.91 Å². The SMILES string of the molecule is Nc1ccc(Cl)c(C(=O)Nc2ccc3ncsc3c2)c1. The molecule has 0 radical (unpaired) electrons. The molecule has 6 heteroatoms. The predicted molar refractivity (Wildman–Crippen MR) is 83.4 cm³/mol. The second kappa shape index (κ2) is 5.11. The van der Waals surface area contributed by atoms with E-state index in [1.807, 2.05) is 12.1 Å². The molecule has 0 atom stereocenters. The number of aromatic nitrogens is 1. The van der Waals surface area contributed by atoms with E-state index in [4.69, 9.17) is 17.3 Å². The number of fused-ring (bicyclic) bond motifs is 1. The van der Waals surface area contributed by atoms with Crippen LogP contribution in [0.1, 0.15) is 10.4 Å². The molecule has 1 amide bonds. The predicted octanol–water partition coefficient (Wildman–Crippen LogP) is 3.78. The third-order valence-electron chi connectivity index (χ3n) is 2.82. The van der Waals surface area contributed by atoms with Gasteiger partial charge in [-0.25, -0.2) is 4.98 Å². The fraction of sp³-hybridized carbons (Fsp3) is 0. The fourth-order valence-corrected chi connectivity index (χ4v) is 2.77. The zero-order valence-corrected chi connectivity index (χ0v) is 11.8. The zero-order valence-electron chi connectivity index (χ0n) is 10.3. The standard InChI is InChI=1S/C14H10ClN3OS/c15-11-3-1-8(16)5-10(11)14(19)18-9-2-4-12-13(6-9)20-7-17-12/h1-7H,16H2,(H,18,19). The van der Waals surface area contributed by atoms with Crippen LogP contribution < -0.4 is 11.1 Å². The van der Waals surface area contributed by atoms with E-state index in [0.29, 0.717) is 22.0 Å². The Hall–Kier alpha value is -2.11. The Morgan fingerprint density at radius 1 is 1.25 bits per heavy atom. The maximum atomic E-state index is 12.2. The van der Waals surface area contributed by atoms with Gasteiger partial charge < -0.3 is 11.1 Å². The number of hydrogen-bond acceptors (Lipinski definition) is 4. The third-order valence-corrected chi connectivity index (χ3v) is 3.95. The van der Waals surface area contributed by atoms with E-state index in [0.717, 1.165) is 10.2 Å². The van der Waals surface area contributed by atoms with Crippen LogP contribution in [0.4, 0.5) is 11.4 Å². The molecule has 20 heavy (non-hydrogen) atoms. The van der Waals surface area contributed by atoms with Gasteiger partial charge in [0.15, 0.2) is 0 Å². The van der Waals surface area contributed by atoms with Gasteiger partial charge in [0.2, 0.25) is 0 Å². The Balaban J connectivity index is 1.89. The fourth-order valence-electron chi connectivity index (χ4n) is 1.85. The highest BCUT2D eigenvalue weighted by Gasteiger charge is 2.11. The van der Waals surface area contributed by atoms with Gasteiger partial charge in [0.05, 0.1) is 26.3 Å². The molecular formula is C14H10ClN3OS. The van der Waals surface area contributed by atoms with Crippen molar-refractivity contribution in [2.75, 3.05) is 11.1 Å². The van der Waals surface area contributed by atoms with Crippen LogP contribution in [0.3, 0.4) is 0 Å². The number of thiazole rings is 1. The Morgan fingerprint density at radius 2 is 2.10 bits per heavy atom. The van der Waals surface area contributed by atoms with Crippen molar-refractivity contribution in [3.8, 4) is 0 Å². The number of halogens is 1. The summed E-state index contributed by atoms with van der Waals surface area (Å²) in [5, 5.41) is 3.18. The van der Waals surface area contributed by atoms with Gasteiger partial charge in [-0.15, -0.1) is 11.3 Å². The number of amides is 1. The van der Waals surface area contributed by atoms with Gasteiger partial charge in [-0.1, -0.05) is 11.6 Å². The van der Waals surface area contributed by atoms with E-state index in [2.05, 4.69) is 10.3 Å². The van der Waals surface area contributed by atoms with Gasteiger partial charge in [0.1, 0.15) is 0 Å². The summed E-state index contributed by atoms with van der Waals surface area (Å²) in [6.07, 6.45) is 0. The van der Waals surface area contributed by atoms with Crippen LogP contribution in [0.15, 0.2) is 41.9 Å². The van der Waals surface area contributed by atoms with Crippen molar-refractivity contribution in [3.05, 3.63) is 52.5 Å². The molecule has 4 nitrogen and oxygen atoms in total. The molecule has 100 valence electrons. The van der Waals surface area contributed by atoms with Gasteiger partial charge in [-0.3, -0.25) is 4.79 Å². The minimum absolute atomic E-state index is 0.286. The number of nitrogens with zero attached hydrogens (tertiary/aromatic N) is 1. The number of anilines is 2. The average molecular weight is 304 g/mol. The van der Waals surface area contributed by atoms with Crippen molar-refractivity contribution in [1.29, 1.82) is 0 Å². The van der Waals surface area contributed by atoms with E-state index in [9.17, 15) is 4.79 Å². The molecule has 1 aromatic heterocycles. The summed E-state index contributed by atoms with van der Waals surface area (Å²) >= 11 is 7.53. The monoisotopic (exact) mass is 303 g/mol. The van der Waals surface area contributed by atoms with Crippen molar-refractivity contribution in [1.82, 2.24) is 4.98 Å². The van der Waals surface area contributed by atoms with Crippen LogP contribution in [0, 0.1) is 0 Å².